The Labute approximate surface area is 104 Å². The van der Waals surface area contributed by atoms with E-state index in [9.17, 15) is 4.79 Å². The van der Waals surface area contributed by atoms with E-state index in [0.717, 1.165) is 36.2 Å². The highest BCUT2D eigenvalue weighted by Gasteiger charge is 2.16. The molecule has 0 spiro atoms. The van der Waals surface area contributed by atoms with E-state index in [2.05, 4.69) is 26.1 Å². The molecule has 1 heterocycles. The van der Waals surface area contributed by atoms with Crippen LogP contribution in [0.5, 0.6) is 0 Å². The molecule has 0 atom stereocenters. The Morgan fingerprint density at radius 3 is 2.50 bits per heavy atom. The Morgan fingerprint density at radius 2 is 1.88 bits per heavy atom. The molecule has 1 aromatic carbocycles. The standard InChI is InChI=1S/C12H15BrN2O/c13-11-3-1-10(2-4-11)12(16)9-15-7-5-14-6-8-15/h1-4,14H,5-9H2/p+1. The molecule has 4 heteroatoms. The summed E-state index contributed by atoms with van der Waals surface area (Å²) >= 11 is 3.37. The molecule has 2 N–H and O–H groups in total. The summed E-state index contributed by atoms with van der Waals surface area (Å²) in [5.74, 6) is 0.217. The van der Waals surface area contributed by atoms with E-state index in [0.29, 0.717) is 6.54 Å². The third-order valence-electron chi connectivity index (χ3n) is 2.83. The molecule has 0 aliphatic carbocycles. The number of halogens is 1. The molecule has 0 radical (unpaired) electrons. The molecule has 1 aliphatic heterocycles. The van der Waals surface area contributed by atoms with E-state index in [1.807, 2.05) is 24.3 Å². The van der Waals surface area contributed by atoms with E-state index in [4.69, 9.17) is 0 Å². The molecule has 16 heavy (non-hydrogen) atoms. The second-order valence-electron chi connectivity index (χ2n) is 4.07. The van der Waals surface area contributed by atoms with Gasteiger partial charge in [0.2, 0.25) is 0 Å². The van der Waals surface area contributed by atoms with Crippen molar-refractivity contribution >= 4 is 21.7 Å². The molecule has 0 amide bonds. The highest BCUT2D eigenvalue weighted by Crippen LogP contribution is 2.11. The van der Waals surface area contributed by atoms with Crippen molar-refractivity contribution < 1.29 is 10.1 Å². The minimum Gasteiger partial charge on any atom is -0.344 e. The van der Waals surface area contributed by atoms with Crippen LogP contribution >= 0.6 is 15.9 Å². The van der Waals surface area contributed by atoms with Gasteiger partial charge in [-0.25, -0.2) is 0 Å². The fraction of sp³-hybridized carbons (Fsp3) is 0.417. The van der Waals surface area contributed by atoms with Crippen LogP contribution in [0.3, 0.4) is 0 Å². The Balaban J connectivity index is 1.94. The molecule has 86 valence electrons. The fourth-order valence-corrected chi connectivity index (χ4v) is 2.16. The maximum absolute atomic E-state index is 12.0. The summed E-state index contributed by atoms with van der Waals surface area (Å²) in [6.07, 6.45) is 0. The van der Waals surface area contributed by atoms with Gasteiger partial charge in [-0.15, -0.1) is 0 Å². The van der Waals surface area contributed by atoms with Crippen LogP contribution in [0.15, 0.2) is 28.7 Å². The maximum atomic E-state index is 12.0. The zero-order valence-electron chi connectivity index (χ0n) is 9.16. The first-order valence-electron chi connectivity index (χ1n) is 5.58. The van der Waals surface area contributed by atoms with Crippen LogP contribution in [0.1, 0.15) is 10.4 Å². The van der Waals surface area contributed by atoms with Crippen molar-refractivity contribution in [2.75, 3.05) is 32.7 Å². The largest absolute Gasteiger partial charge is 0.344 e. The van der Waals surface area contributed by atoms with Gasteiger partial charge in [0.25, 0.3) is 0 Å². The normalized spacial score (nSPS) is 17.3. The Morgan fingerprint density at radius 1 is 1.25 bits per heavy atom. The SMILES string of the molecule is O=C(CN1CC[NH2+]CC1)c1ccc(Br)cc1. The lowest BCUT2D eigenvalue weighted by atomic mass is 10.1. The first-order chi connectivity index (χ1) is 7.75. The van der Waals surface area contributed by atoms with Gasteiger partial charge in [-0.1, -0.05) is 28.1 Å². The van der Waals surface area contributed by atoms with Crippen LogP contribution in [0.2, 0.25) is 0 Å². The molecule has 1 fully saturated rings. The topological polar surface area (TPSA) is 36.9 Å². The number of carbonyl (C=O) groups excluding carboxylic acids is 1. The van der Waals surface area contributed by atoms with Crippen LogP contribution in [0, 0.1) is 0 Å². The third kappa shape index (κ3) is 3.14. The van der Waals surface area contributed by atoms with E-state index >= 15 is 0 Å². The second-order valence-corrected chi connectivity index (χ2v) is 4.99. The van der Waals surface area contributed by atoms with E-state index in [1.54, 1.807) is 0 Å². The van der Waals surface area contributed by atoms with Crippen LogP contribution < -0.4 is 5.32 Å². The van der Waals surface area contributed by atoms with Crippen molar-refractivity contribution in [1.82, 2.24) is 4.90 Å². The number of quaternary nitrogens is 1. The fourth-order valence-electron chi connectivity index (χ4n) is 1.89. The number of hydrogen-bond acceptors (Lipinski definition) is 2. The molecule has 2 rings (SSSR count). The first-order valence-corrected chi connectivity index (χ1v) is 6.38. The van der Waals surface area contributed by atoms with Gasteiger partial charge in [0.05, 0.1) is 19.6 Å². The predicted molar refractivity (Wildman–Crippen MR) is 66.6 cm³/mol. The minimum atomic E-state index is 0.217. The molecule has 1 aliphatic rings. The highest BCUT2D eigenvalue weighted by molar-refractivity contribution is 9.10. The second kappa shape index (κ2) is 5.57. The number of piperazine rings is 1. The molecule has 0 saturated carbocycles. The van der Waals surface area contributed by atoms with Gasteiger partial charge < -0.3 is 5.32 Å². The molecule has 1 aromatic rings. The lowest BCUT2D eigenvalue weighted by Gasteiger charge is -2.24. The molecular formula is C12H16BrN2O+. The first kappa shape index (κ1) is 11.8. The number of carbonyl (C=O) groups is 1. The summed E-state index contributed by atoms with van der Waals surface area (Å²) in [6.45, 7) is 4.79. The zero-order valence-corrected chi connectivity index (χ0v) is 10.7. The summed E-state index contributed by atoms with van der Waals surface area (Å²) < 4.78 is 1.01. The van der Waals surface area contributed by atoms with Gasteiger partial charge in [0.15, 0.2) is 5.78 Å². The van der Waals surface area contributed by atoms with E-state index < -0.39 is 0 Å². The minimum absolute atomic E-state index is 0.217. The average molecular weight is 284 g/mol. The highest BCUT2D eigenvalue weighted by atomic mass is 79.9. The van der Waals surface area contributed by atoms with Gasteiger partial charge in [0, 0.05) is 23.1 Å². The van der Waals surface area contributed by atoms with Crippen molar-refractivity contribution in [1.29, 1.82) is 0 Å². The van der Waals surface area contributed by atoms with E-state index in [1.165, 1.54) is 0 Å². The number of benzene rings is 1. The molecule has 0 unspecified atom stereocenters. The summed E-state index contributed by atoms with van der Waals surface area (Å²) in [5, 5.41) is 2.29. The number of nitrogens with two attached hydrogens (primary N) is 1. The van der Waals surface area contributed by atoms with Gasteiger partial charge in [-0.2, -0.15) is 0 Å². The molecule has 1 saturated heterocycles. The monoisotopic (exact) mass is 283 g/mol. The van der Waals surface area contributed by atoms with Crippen molar-refractivity contribution in [2.45, 2.75) is 0 Å². The van der Waals surface area contributed by atoms with Crippen molar-refractivity contribution in [3.8, 4) is 0 Å². The van der Waals surface area contributed by atoms with E-state index in [-0.39, 0.29) is 5.78 Å². The summed E-state index contributed by atoms with van der Waals surface area (Å²) in [7, 11) is 0. The van der Waals surface area contributed by atoms with Crippen LogP contribution in [0.4, 0.5) is 0 Å². The lowest BCUT2D eigenvalue weighted by molar-refractivity contribution is -0.663. The third-order valence-corrected chi connectivity index (χ3v) is 3.36. The number of Topliss-reactive ketones (excluding diaryl/α,β-unsaturated/α-hetero) is 1. The molecule has 3 nitrogen and oxygen atoms in total. The number of hydrogen-bond donors (Lipinski definition) is 1. The number of ketones is 1. The number of nitrogens with zero attached hydrogens (tertiary/aromatic N) is 1. The van der Waals surface area contributed by atoms with Gasteiger partial charge >= 0.3 is 0 Å². The van der Waals surface area contributed by atoms with Crippen molar-refractivity contribution in [2.24, 2.45) is 0 Å². The predicted octanol–water partition coefficient (Wildman–Crippen LogP) is 0.511. The Bertz CT molecular complexity index is 358. The molecule has 0 bridgehead atoms. The summed E-state index contributed by atoms with van der Waals surface area (Å²) in [4.78, 5) is 14.2. The zero-order chi connectivity index (χ0) is 11.4. The van der Waals surface area contributed by atoms with Crippen molar-refractivity contribution in [3.63, 3.8) is 0 Å². The smallest absolute Gasteiger partial charge is 0.176 e. The Kier molecular flexibility index (Phi) is 4.09. The summed E-state index contributed by atoms with van der Waals surface area (Å²) in [5.41, 5.74) is 0.803. The summed E-state index contributed by atoms with van der Waals surface area (Å²) in [6, 6.07) is 7.58. The van der Waals surface area contributed by atoms with Crippen LogP contribution in [0.25, 0.3) is 0 Å². The quantitative estimate of drug-likeness (QED) is 0.821. The van der Waals surface area contributed by atoms with Gasteiger partial charge in [-0.3, -0.25) is 9.69 Å². The number of rotatable bonds is 3. The van der Waals surface area contributed by atoms with Gasteiger partial charge in [0.1, 0.15) is 0 Å². The average Bonchev–Trinajstić information content (AvgIpc) is 2.31. The Hall–Kier alpha value is -0.710. The lowest BCUT2D eigenvalue weighted by Crippen LogP contribution is -2.89. The van der Waals surface area contributed by atoms with Crippen LogP contribution in [-0.4, -0.2) is 43.4 Å². The van der Waals surface area contributed by atoms with Gasteiger partial charge in [-0.05, 0) is 12.1 Å². The van der Waals surface area contributed by atoms with Crippen LogP contribution in [-0.2, 0) is 0 Å². The van der Waals surface area contributed by atoms with Crippen molar-refractivity contribution in [3.05, 3.63) is 34.3 Å². The molecular weight excluding hydrogens is 268 g/mol. The molecule has 0 aromatic heterocycles. The maximum Gasteiger partial charge on any atom is 0.176 e.